The Hall–Kier alpha value is -0.830. The van der Waals surface area contributed by atoms with Crippen molar-refractivity contribution < 1.29 is 5.11 Å². The van der Waals surface area contributed by atoms with E-state index in [2.05, 4.69) is 18.9 Å². The van der Waals surface area contributed by atoms with Crippen LogP contribution in [0.5, 0.6) is 0 Å². The highest BCUT2D eigenvalue weighted by atomic mass is 16.3. The number of aryl methyl sites for hydroxylation is 2. The van der Waals surface area contributed by atoms with E-state index < -0.39 is 0 Å². The van der Waals surface area contributed by atoms with E-state index >= 15 is 0 Å². The van der Waals surface area contributed by atoms with Crippen LogP contribution in [0.1, 0.15) is 63.3 Å². The first kappa shape index (κ1) is 13.2. The molecule has 0 saturated carbocycles. The highest BCUT2D eigenvalue weighted by molar-refractivity contribution is 5.19. The Morgan fingerprint density at radius 1 is 1.31 bits per heavy atom. The van der Waals surface area contributed by atoms with Gasteiger partial charge in [-0.05, 0) is 12.8 Å². The van der Waals surface area contributed by atoms with Gasteiger partial charge >= 0.3 is 0 Å². The third-order valence-electron chi connectivity index (χ3n) is 2.96. The van der Waals surface area contributed by atoms with E-state index in [9.17, 15) is 5.11 Å². The molecule has 3 heteroatoms. The maximum Gasteiger partial charge on any atom is 0.0823 e. The summed E-state index contributed by atoms with van der Waals surface area (Å²) in [7, 11) is 1.91. The minimum atomic E-state index is -0.333. The summed E-state index contributed by atoms with van der Waals surface area (Å²) in [6, 6.07) is 0. The second-order valence-electron chi connectivity index (χ2n) is 4.42. The molecule has 3 nitrogen and oxygen atoms in total. The predicted molar refractivity (Wildman–Crippen MR) is 66.3 cm³/mol. The van der Waals surface area contributed by atoms with Gasteiger partial charge in [0, 0.05) is 18.8 Å². The van der Waals surface area contributed by atoms with E-state index in [0.717, 1.165) is 30.5 Å². The van der Waals surface area contributed by atoms with E-state index in [0.29, 0.717) is 0 Å². The van der Waals surface area contributed by atoms with Crippen LogP contribution < -0.4 is 0 Å². The van der Waals surface area contributed by atoms with E-state index in [1.54, 1.807) is 4.68 Å². The van der Waals surface area contributed by atoms with Gasteiger partial charge in [-0.3, -0.25) is 4.68 Å². The smallest absolute Gasteiger partial charge is 0.0823 e. The number of aliphatic hydroxyl groups is 1. The van der Waals surface area contributed by atoms with Crippen molar-refractivity contribution in [2.24, 2.45) is 7.05 Å². The third-order valence-corrected chi connectivity index (χ3v) is 2.96. The summed E-state index contributed by atoms with van der Waals surface area (Å²) >= 11 is 0. The van der Waals surface area contributed by atoms with Crippen molar-refractivity contribution in [2.75, 3.05) is 0 Å². The van der Waals surface area contributed by atoms with Gasteiger partial charge in [-0.1, -0.05) is 39.5 Å². The van der Waals surface area contributed by atoms with E-state index in [1.807, 2.05) is 13.2 Å². The van der Waals surface area contributed by atoms with Crippen LogP contribution >= 0.6 is 0 Å². The van der Waals surface area contributed by atoms with Gasteiger partial charge in [0.25, 0.3) is 0 Å². The predicted octanol–water partition coefficient (Wildman–Crippen LogP) is 2.99. The first-order chi connectivity index (χ1) is 7.69. The molecule has 1 atom stereocenters. The molecule has 0 saturated heterocycles. The molecule has 16 heavy (non-hydrogen) atoms. The van der Waals surface area contributed by atoms with Crippen molar-refractivity contribution in [3.8, 4) is 0 Å². The summed E-state index contributed by atoms with van der Waals surface area (Å²) in [4.78, 5) is 0. The van der Waals surface area contributed by atoms with E-state index in [-0.39, 0.29) is 6.10 Å². The number of aromatic nitrogens is 2. The van der Waals surface area contributed by atoms with Gasteiger partial charge in [0.1, 0.15) is 0 Å². The zero-order chi connectivity index (χ0) is 12.0. The van der Waals surface area contributed by atoms with Crippen LogP contribution in [0.4, 0.5) is 0 Å². The van der Waals surface area contributed by atoms with Crippen LogP contribution in [-0.4, -0.2) is 14.9 Å². The zero-order valence-electron chi connectivity index (χ0n) is 10.7. The van der Waals surface area contributed by atoms with Crippen LogP contribution in [0.25, 0.3) is 0 Å². The highest BCUT2D eigenvalue weighted by Crippen LogP contribution is 2.22. The number of hydrogen-bond donors (Lipinski definition) is 1. The van der Waals surface area contributed by atoms with Crippen molar-refractivity contribution in [3.63, 3.8) is 0 Å². The minimum absolute atomic E-state index is 0.333. The van der Waals surface area contributed by atoms with Crippen molar-refractivity contribution in [3.05, 3.63) is 17.5 Å². The molecular formula is C13H24N2O. The molecule has 92 valence electrons. The fraction of sp³-hybridized carbons (Fsp3) is 0.769. The Morgan fingerprint density at radius 3 is 2.69 bits per heavy atom. The average molecular weight is 224 g/mol. The molecule has 0 aromatic carbocycles. The van der Waals surface area contributed by atoms with Crippen molar-refractivity contribution in [1.29, 1.82) is 0 Å². The van der Waals surface area contributed by atoms with E-state index in [4.69, 9.17) is 0 Å². The summed E-state index contributed by atoms with van der Waals surface area (Å²) in [6.45, 7) is 4.28. The van der Waals surface area contributed by atoms with Crippen LogP contribution in [0.3, 0.4) is 0 Å². The SMILES string of the molecule is CCCCCCC(O)c1cn(C)nc1CC. The summed E-state index contributed by atoms with van der Waals surface area (Å²) in [5.74, 6) is 0. The molecule has 1 rings (SSSR count). The highest BCUT2D eigenvalue weighted by Gasteiger charge is 2.14. The van der Waals surface area contributed by atoms with E-state index in [1.165, 1.54) is 19.3 Å². The van der Waals surface area contributed by atoms with Gasteiger partial charge in [0.2, 0.25) is 0 Å². The van der Waals surface area contributed by atoms with Crippen LogP contribution in [-0.2, 0) is 13.5 Å². The molecule has 0 aliphatic rings. The summed E-state index contributed by atoms with van der Waals surface area (Å²) in [5.41, 5.74) is 2.05. The fourth-order valence-corrected chi connectivity index (χ4v) is 2.03. The average Bonchev–Trinajstić information content (AvgIpc) is 2.65. The lowest BCUT2D eigenvalue weighted by Crippen LogP contribution is -1.99. The van der Waals surface area contributed by atoms with Crippen LogP contribution in [0, 0.1) is 0 Å². The van der Waals surface area contributed by atoms with Gasteiger partial charge in [-0.25, -0.2) is 0 Å². The summed E-state index contributed by atoms with van der Waals surface area (Å²) < 4.78 is 1.80. The van der Waals surface area contributed by atoms with Gasteiger partial charge in [-0.2, -0.15) is 5.10 Å². The summed E-state index contributed by atoms with van der Waals surface area (Å²) in [6.07, 6.45) is 8.19. The molecule has 1 unspecified atom stereocenters. The second-order valence-corrected chi connectivity index (χ2v) is 4.42. The molecular weight excluding hydrogens is 200 g/mol. The van der Waals surface area contributed by atoms with Gasteiger partial charge < -0.3 is 5.11 Å². The molecule has 0 spiro atoms. The Morgan fingerprint density at radius 2 is 2.06 bits per heavy atom. The zero-order valence-corrected chi connectivity index (χ0v) is 10.7. The van der Waals surface area contributed by atoms with Gasteiger partial charge in [0.15, 0.2) is 0 Å². The molecule has 0 aliphatic heterocycles. The van der Waals surface area contributed by atoms with Crippen LogP contribution in [0.2, 0.25) is 0 Å². The fourth-order valence-electron chi connectivity index (χ4n) is 2.03. The first-order valence-corrected chi connectivity index (χ1v) is 6.39. The molecule has 1 N–H and O–H groups in total. The molecule has 1 heterocycles. The lowest BCUT2D eigenvalue weighted by molar-refractivity contribution is 0.162. The molecule has 0 radical (unpaired) electrons. The number of unbranched alkanes of at least 4 members (excludes halogenated alkanes) is 3. The number of rotatable bonds is 7. The molecule has 1 aromatic heterocycles. The van der Waals surface area contributed by atoms with Crippen molar-refractivity contribution >= 4 is 0 Å². The standard InChI is InChI=1S/C13H24N2O/c1-4-6-7-8-9-13(16)11-10-15(3)14-12(11)5-2/h10,13,16H,4-9H2,1-3H3. The normalized spacial score (nSPS) is 13.0. The third kappa shape index (κ3) is 3.63. The topological polar surface area (TPSA) is 38.0 Å². The Balaban J connectivity index is 2.48. The number of hydrogen-bond acceptors (Lipinski definition) is 2. The summed E-state index contributed by atoms with van der Waals surface area (Å²) in [5, 5.41) is 14.4. The van der Waals surface area contributed by atoms with Crippen molar-refractivity contribution in [1.82, 2.24) is 9.78 Å². The first-order valence-electron chi connectivity index (χ1n) is 6.39. The minimum Gasteiger partial charge on any atom is -0.388 e. The maximum absolute atomic E-state index is 10.1. The second kappa shape index (κ2) is 6.69. The van der Waals surface area contributed by atoms with Gasteiger partial charge in [-0.15, -0.1) is 0 Å². The van der Waals surface area contributed by atoms with Crippen LogP contribution in [0.15, 0.2) is 6.20 Å². The number of aliphatic hydroxyl groups excluding tert-OH is 1. The Bertz CT molecular complexity index is 307. The molecule has 0 fully saturated rings. The quantitative estimate of drug-likeness (QED) is 0.723. The van der Waals surface area contributed by atoms with Crippen molar-refractivity contribution in [2.45, 2.75) is 58.5 Å². The lowest BCUT2D eigenvalue weighted by atomic mass is 10.0. The van der Waals surface area contributed by atoms with Gasteiger partial charge in [0.05, 0.1) is 11.8 Å². The molecule has 0 aliphatic carbocycles. The Kier molecular flexibility index (Phi) is 5.53. The Labute approximate surface area is 98.5 Å². The maximum atomic E-state index is 10.1. The monoisotopic (exact) mass is 224 g/mol. The molecule has 0 bridgehead atoms. The molecule has 0 amide bonds. The largest absolute Gasteiger partial charge is 0.388 e. The lowest BCUT2D eigenvalue weighted by Gasteiger charge is -2.09. The number of nitrogens with zero attached hydrogens (tertiary/aromatic N) is 2. The molecule has 1 aromatic rings.